The van der Waals surface area contributed by atoms with Gasteiger partial charge in [0.25, 0.3) is 0 Å². The molecule has 2 aliphatic carbocycles. The zero-order valence-corrected chi connectivity index (χ0v) is 44.2. The van der Waals surface area contributed by atoms with Crippen molar-refractivity contribution in [1.82, 2.24) is 42.1 Å². The molecule has 11 atom stereocenters. The van der Waals surface area contributed by atoms with E-state index >= 15 is 0 Å². The lowest BCUT2D eigenvalue weighted by Crippen LogP contribution is -2.61. The molecule has 22 nitrogen and oxygen atoms in total. The first kappa shape index (κ1) is 58.8. The van der Waals surface area contributed by atoms with Gasteiger partial charge in [-0.1, -0.05) is 91.7 Å². The molecule has 3 aliphatic heterocycles. The highest BCUT2D eigenvalue weighted by Crippen LogP contribution is 2.32. The van der Waals surface area contributed by atoms with Gasteiger partial charge in [0.15, 0.2) is 0 Å². The van der Waals surface area contributed by atoms with E-state index in [2.05, 4.69) is 42.2 Å². The van der Waals surface area contributed by atoms with Crippen LogP contribution < -0.4 is 48.7 Å². The van der Waals surface area contributed by atoms with Gasteiger partial charge in [0.05, 0.1) is 12.6 Å². The van der Waals surface area contributed by atoms with Crippen LogP contribution in [0.1, 0.15) is 105 Å². The Morgan fingerprint density at radius 2 is 1.59 bits per heavy atom. The molecule has 2 saturated heterocycles. The molecular weight excluding hydrogens is 995 g/mol. The number of amides is 10. The molecule has 406 valence electrons. The maximum absolute atomic E-state index is 14.7. The molecule has 2 fully saturated rings. The fourth-order valence-corrected chi connectivity index (χ4v) is 11.6. The highest BCUT2D eigenvalue weighted by Gasteiger charge is 2.40. The van der Waals surface area contributed by atoms with Crippen molar-refractivity contribution in [2.75, 3.05) is 24.6 Å². The first-order valence-corrected chi connectivity index (χ1v) is 28.0. The number of aliphatic imine (C=N–C) groups is 1. The second-order valence-corrected chi connectivity index (χ2v) is 22.6. The lowest BCUT2D eigenvalue weighted by molar-refractivity contribution is -0.139. The molecule has 0 spiro atoms. The Kier molecular flexibility index (Phi) is 22.7. The third-order valence-electron chi connectivity index (χ3n) is 13.8. The number of ketones is 1. The van der Waals surface area contributed by atoms with Crippen LogP contribution in [0.25, 0.3) is 0 Å². The summed E-state index contributed by atoms with van der Waals surface area (Å²) in [4.78, 5) is 154. The molecule has 5 aliphatic rings. The Morgan fingerprint density at radius 1 is 0.838 bits per heavy atom. The topological polar surface area (TPSA) is 340 Å². The molecule has 0 saturated carbocycles. The summed E-state index contributed by atoms with van der Waals surface area (Å²) in [6, 6.07) is -8.49. The van der Waals surface area contributed by atoms with Crippen LogP contribution in [0.2, 0.25) is 0 Å². The Balaban J connectivity index is 1.41. The lowest BCUT2D eigenvalue weighted by Gasteiger charge is -2.30. The van der Waals surface area contributed by atoms with Crippen LogP contribution in [0.3, 0.4) is 0 Å². The number of allylic oxidation sites excluding steroid dienone is 3. The average Bonchev–Trinajstić information content (AvgIpc) is 4.03. The van der Waals surface area contributed by atoms with Crippen LogP contribution in [0.15, 0.2) is 40.9 Å². The van der Waals surface area contributed by atoms with Crippen molar-refractivity contribution in [2.45, 2.75) is 153 Å². The normalized spacial score (nSPS) is 26.7. The van der Waals surface area contributed by atoms with Crippen LogP contribution in [-0.2, 0) is 52.7 Å². The highest BCUT2D eigenvalue weighted by atomic mass is 33.1. The molecule has 74 heavy (non-hydrogen) atoms. The molecule has 0 aromatic heterocycles. The molecule has 0 bridgehead atoms. The summed E-state index contributed by atoms with van der Waals surface area (Å²) in [5, 5.41) is 19.0. The van der Waals surface area contributed by atoms with Gasteiger partial charge in [-0.25, -0.2) is 0 Å². The summed E-state index contributed by atoms with van der Waals surface area (Å²) in [5.74, 6) is -7.69. The van der Waals surface area contributed by atoms with E-state index in [4.69, 9.17) is 11.5 Å². The minimum atomic E-state index is -1.32. The van der Waals surface area contributed by atoms with Crippen LogP contribution in [0, 0.1) is 23.7 Å². The molecule has 3 heterocycles. The van der Waals surface area contributed by atoms with Crippen molar-refractivity contribution >= 4 is 92.7 Å². The summed E-state index contributed by atoms with van der Waals surface area (Å²) >= 11 is 0. The SMILES string of the molecule is CCC(C)[C@H](NC(=O)[C@H](CC1C=NC2C=CC=CC12)NC(=O)[C@@H]1CSSCCC(=O)N2CCC[C@H]2C(=O)N[C@@H](CC2=CCC(=O)CC2)C(=O)NCC(=O)N[C@@H](CC(C)C)C(=O)N1)C(=O)N[C@@H](CCC(N)=O)C(N)=O. The van der Waals surface area contributed by atoms with Crippen LogP contribution in [0.4, 0.5) is 0 Å². The van der Waals surface area contributed by atoms with Crippen LogP contribution >= 0.6 is 21.6 Å². The van der Waals surface area contributed by atoms with E-state index in [-0.39, 0.29) is 91.9 Å². The largest absolute Gasteiger partial charge is 0.370 e. The minimum absolute atomic E-state index is 0.0217. The number of carbonyl (C=O) groups excluding carboxylic acids is 11. The van der Waals surface area contributed by atoms with Crippen LogP contribution in [0.5, 0.6) is 0 Å². The van der Waals surface area contributed by atoms with E-state index in [1.165, 1.54) is 26.5 Å². The van der Waals surface area contributed by atoms with E-state index in [0.29, 0.717) is 38.6 Å². The van der Waals surface area contributed by atoms with Gasteiger partial charge in [-0.2, -0.15) is 0 Å². The molecule has 4 unspecified atom stereocenters. The molecule has 0 radical (unpaired) electrons. The zero-order valence-electron chi connectivity index (χ0n) is 42.6. The van der Waals surface area contributed by atoms with E-state index in [1.807, 2.05) is 38.2 Å². The predicted octanol–water partition coefficient (Wildman–Crippen LogP) is -0.0985. The Morgan fingerprint density at radius 3 is 2.28 bits per heavy atom. The third kappa shape index (κ3) is 17.5. The molecule has 0 aromatic rings. The monoisotopic (exact) mass is 1070 g/mol. The van der Waals surface area contributed by atoms with Gasteiger partial charge in [-0.05, 0) is 56.8 Å². The second kappa shape index (κ2) is 28.6. The summed E-state index contributed by atoms with van der Waals surface area (Å²) in [7, 11) is 2.45. The molecular formula is C50H73N11O11S2. The number of Topliss-reactive ketones (excluding diaryl/α,β-unsaturated/α-hetero) is 1. The highest BCUT2D eigenvalue weighted by molar-refractivity contribution is 8.76. The molecule has 10 amide bonds. The number of fused-ring (bicyclic) bond motifs is 2. The van der Waals surface area contributed by atoms with Gasteiger partial charge in [0, 0.05) is 61.8 Å². The number of carbonyl (C=O) groups is 11. The van der Waals surface area contributed by atoms with E-state index in [9.17, 15) is 52.7 Å². The zero-order chi connectivity index (χ0) is 54.1. The number of hydrogen-bond donors (Lipinski definition) is 9. The van der Waals surface area contributed by atoms with Crippen molar-refractivity contribution in [2.24, 2.45) is 40.1 Å². The summed E-state index contributed by atoms with van der Waals surface area (Å²) < 4.78 is 0. The maximum atomic E-state index is 14.7. The van der Waals surface area contributed by atoms with E-state index < -0.39 is 108 Å². The molecule has 11 N–H and O–H groups in total. The van der Waals surface area contributed by atoms with E-state index in [0.717, 1.165) is 5.57 Å². The van der Waals surface area contributed by atoms with Crippen molar-refractivity contribution in [3.63, 3.8) is 0 Å². The van der Waals surface area contributed by atoms with Gasteiger partial charge in [0.1, 0.15) is 48.1 Å². The minimum Gasteiger partial charge on any atom is -0.370 e. The summed E-state index contributed by atoms with van der Waals surface area (Å²) in [6.07, 6.45) is 13.2. The van der Waals surface area contributed by atoms with Gasteiger partial charge in [0.2, 0.25) is 59.1 Å². The average molecular weight is 1070 g/mol. The molecule has 5 rings (SSSR count). The van der Waals surface area contributed by atoms with Crippen molar-refractivity contribution in [1.29, 1.82) is 0 Å². The van der Waals surface area contributed by atoms with Crippen molar-refractivity contribution < 1.29 is 52.7 Å². The standard InChI is InChI=1S/C50H73N11O11S2/c1-5-28(4)43(50(72)56-34(44(52)66)16-17-40(51)63)60-47(69)37(23-30-24-53-33-10-7-6-9-32(30)33)57-48(70)38-26-74-73-20-18-42(65)61-19-8-11-39(61)49(71)58-36(22-29-12-14-31(62)15-13-29)45(67)54-25-41(64)55-35(21-27(2)3)46(68)59-38/h6-7,9-10,12,24,27-28,30,32-39,43H,5,8,11,13-23,25-26H2,1-4H3,(H2,51,63)(H2,52,66)(H,54,67)(H,55,64)(H,56,72)(H,57,70)(H,58,71)(H,59,68)(H,60,69)/t28?,30?,32?,33?,34-,35-,36-,37-,38-,39-,43-/m0/s1. The van der Waals surface area contributed by atoms with Gasteiger partial charge in [-0.15, -0.1) is 0 Å². The number of primary amides is 2. The number of rotatable bonds is 18. The third-order valence-corrected chi connectivity index (χ3v) is 16.2. The predicted molar refractivity (Wildman–Crippen MR) is 279 cm³/mol. The smallest absolute Gasteiger partial charge is 0.244 e. The lowest BCUT2D eigenvalue weighted by atomic mass is 9.83. The fraction of sp³-hybridized carbons (Fsp3) is 0.640. The van der Waals surface area contributed by atoms with E-state index in [1.54, 1.807) is 26.1 Å². The summed E-state index contributed by atoms with van der Waals surface area (Å²) in [6.45, 7) is 6.94. The van der Waals surface area contributed by atoms with Crippen molar-refractivity contribution in [3.05, 3.63) is 36.0 Å². The second-order valence-electron chi connectivity index (χ2n) is 19.9. The van der Waals surface area contributed by atoms with Crippen LogP contribution in [-0.4, -0.2) is 149 Å². The van der Waals surface area contributed by atoms with Gasteiger partial charge in [-0.3, -0.25) is 57.7 Å². The summed E-state index contributed by atoms with van der Waals surface area (Å²) in [5.41, 5.74) is 11.6. The number of nitrogens with zero attached hydrogens (tertiary/aromatic N) is 2. The number of nitrogens with two attached hydrogens (primary N) is 2. The molecule has 0 aromatic carbocycles. The quantitative estimate of drug-likeness (QED) is 0.0641. The Hall–Kier alpha value is -6.04. The first-order valence-electron chi connectivity index (χ1n) is 25.5. The fourth-order valence-electron chi connectivity index (χ4n) is 9.42. The Labute approximate surface area is 439 Å². The molecule has 24 heteroatoms. The first-order chi connectivity index (χ1) is 35.2. The maximum Gasteiger partial charge on any atom is 0.244 e. The number of hydrogen-bond acceptors (Lipinski definition) is 14. The Bertz CT molecular complexity index is 2260. The van der Waals surface area contributed by atoms with Crippen molar-refractivity contribution in [3.8, 4) is 0 Å². The van der Waals surface area contributed by atoms with Gasteiger partial charge < -0.3 is 53.6 Å². The number of nitrogens with one attached hydrogen (secondary N) is 7. The van der Waals surface area contributed by atoms with Gasteiger partial charge >= 0.3 is 0 Å².